The highest BCUT2D eigenvalue weighted by Crippen LogP contribution is 2.11. The third kappa shape index (κ3) is 5.42. The second-order valence-corrected chi connectivity index (χ2v) is 4.53. The fraction of sp³-hybridized carbons (Fsp3) is 0.429. The summed E-state index contributed by atoms with van der Waals surface area (Å²) in [5.74, 6) is -0.140. The van der Waals surface area contributed by atoms with Crippen molar-refractivity contribution in [2.24, 2.45) is 0 Å². The van der Waals surface area contributed by atoms with Gasteiger partial charge in [-0.1, -0.05) is 0 Å². The summed E-state index contributed by atoms with van der Waals surface area (Å²) in [7, 11) is 3.91. The average Bonchev–Trinajstić information content (AvgIpc) is 2.37. The highest BCUT2D eigenvalue weighted by Gasteiger charge is 2.04. The Morgan fingerprint density at radius 3 is 2.16 bits per heavy atom. The Labute approximate surface area is 114 Å². The molecule has 0 saturated carbocycles. The van der Waals surface area contributed by atoms with Crippen LogP contribution in [0.15, 0.2) is 24.3 Å². The lowest BCUT2D eigenvalue weighted by Gasteiger charge is -2.12. The summed E-state index contributed by atoms with van der Waals surface area (Å²) in [6.45, 7) is 2.61. The van der Waals surface area contributed by atoms with E-state index in [1.165, 1.54) is 6.92 Å². The molecule has 19 heavy (non-hydrogen) atoms. The molecule has 5 heteroatoms. The van der Waals surface area contributed by atoms with Crippen molar-refractivity contribution >= 4 is 17.5 Å². The topological polar surface area (TPSA) is 61.4 Å². The van der Waals surface area contributed by atoms with Gasteiger partial charge in [0.1, 0.15) is 0 Å². The van der Waals surface area contributed by atoms with Crippen LogP contribution >= 0.6 is 0 Å². The number of carbonyl (C=O) groups excluding carboxylic acids is 2. The highest BCUT2D eigenvalue weighted by atomic mass is 16.2. The Kier molecular flexibility index (Phi) is 5.85. The second-order valence-electron chi connectivity index (χ2n) is 4.53. The van der Waals surface area contributed by atoms with Crippen molar-refractivity contribution in [2.45, 2.75) is 13.3 Å². The van der Waals surface area contributed by atoms with Crippen molar-refractivity contribution in [1.29, 1.82) is 0 Å². The number of rotatable bonds is 6. The summed E-state index contributed by atoms with van der Waals surface area (Å²) >= 11 is 0. The van der Waals surface area contributed by atoms with Crippen molar-refractivity contribution in [3.8, 4) is 0 Å². The summed E-state index contributed by atoms with van der Waals surface area (Å²) in [4.78, 5) is 24.4. The normalized spacial score (nSPS) is 9.84. The average molecular weight is 263 g/mol. The molecule has 0 atom stereocenters. The molecule has 0 aliphatic carbocycles. The molecule has 0 aliphatic rings. The third-order valence-corrected chi connectivity index (χ3v) is 2.66. The minimum absolute atomic E-state index is 0.0504. The lowest BCUT2D eigenvalue weighted by Crippen LogP contribution is -2.28. The monoisotopic (exact) mass is 263 g/mol. The van der Waals surface area contributed by atoms with E-state index < -0.39 is 0 Å². The standard InChI is InChI=1S/C14H21N3O2/c1-11(18)15-9-4-10-16-14(19)12-5-7-13(8-6-12)17(2)3/h5-8H,4,9-10H2,1-3H3,(H,15,18)(H,16,19). The Bertz CT molecular complexity index is 427. The minimum Gasteiger partial charge on any atom is -0.378 e. The summed E-state index contributed by atoms with van der Waals surface area (Å²) in [6, 6.07) is 7.43. The van der Waals surface area contributed by atoms with Crippen LogP contribution in [0.2, 0.25) is 0 Å². The fourth-order valence-corrected chi connectivity index (χ4v) is 1.57. The first-order valence-electron chi connectivity index (χ1n) is 6.30. The Morgan fingerprint density at radius 1 is 1.05 bits per heavy atom. The Morgan fingerprint density at radius 2 is 1.63 bits per heavy atom. The largest absolute Gasteiger partial charge is 0.378 e. The molecular formula is C14H21N3O2. The number of nitrogens with zero attached hydrogens (tertiary/aromatic N) is 1. The molecule has 0 bridgehead atoms. The van der Waals surface area contributed by atoms with Crippen LogP contribution in [0.5, 0.6) is 0 Å². The molecule has 0 aliphatic heterocycles. The minimum atomic E-state index is -0.0897. The van der Waals surface area contributed by atoms with Gasteiger partial charge in [-0.2, -0.15) is 0 Å². The zero-order valence-electron chi connectivity index (χ0n) is 11.7. The van der Waals surface area contributed by atoms with E-state index in [0.29, 0.717) is 18.7 Å². The second kappa shape index (κ2) is 7.41. The van der Waals surface area contributed by atoms with Crippen LogP contribution in [0.4, 0.5) is 5.69 Å². The predicted molar refractivity (Wildman–Crippen MR) is 76.4 cm³/mol. The van der Waals surface area contributed by atoms with Gasteiger partial charge in [0.25, 0.3) is 5.91 Å². The van der Waals surface area contributed by atoms with Crippen LogP contribution in [0.1, 0.15) is 23.7 Å². The molecule has 0 radical (unpaired) electrons. The van der Waals surface area contributed by atoms with E-state index in [-0.39, 0.29) is 11.8 Å². The van der Waals surface area contributed by atoms with Crippen molar-refractivity contribution in [1.82, 2.24) is 10.6 Å². The molecule has 0 heterocycles. The molecule has 1 rings (SSSR count). The first-order valence-corrected chi connectivity index (χ1v) is 6.30. The van der Waals surface area contributed by atoms with Gasteiger partial charge < -0.3 is 15.5 Å². The molecule has 0 spiro atoms. The number of hydrogen-bond acceptors (Lipinski definition) is 3. The summed E-state index contributed by atoms with van der Waals surface area (Å²) in [6.07, 6.45) is 0.723. The van der Waals surface area contributed by atoms with Gasteiger partial charge in [0, 0.05) is 45.4 Å². The van der Waals surface area contributed by atoms with E-state index in [0.717, 1.165) is 12.1 Å². The van der Waals surface area contributed by atoms with Gasteiger partial charge in [0.15, 0.2) is 0 Å². The quantitative estimate of drug-likeness (QED) is 0.753. The molecule has 5 nitrogen and oxygen atoms in total. The summed E-state index contributed by atoms with van der Waals surface area (Å²) < 4.78 is 0. The van der Waals surface area contributed by atoms with Crippen molar-refractivity contribution in [2.75, 3.05) is 32.1 Å². The number of amides is 2. The SMILES string of the molecule is CC(=O)NCCCNC(=O)c1ccc(N(C)C)cc1. The molecule has 0 fully saturated rings. The zero-order chi connectivity index (χ0) is 14.3. The van der Waals surface area contributed by atoms with Gasteiger partial charge in [-0.15, -0.1) is 0 Å². The third-order valence-electron chi connectivity index (χ3n) is 2.66. The van der Waals surface area contributed by atoms with Crippen LogP contribution < -0.4 is 15.5 Å². The van der Waals surface area contributed by atoms with Gasteiger partial charge in [0.2, 0.25) is 5.91 Å². The molecule has 0 saturated heterocycles. The molecular weight excluding hydrogens is 242 g/mol. The van der Waals surface area contributed by atoms with Gasteiger partial charge in [0.05, 0.1) is 0 Å². The van der Waals surface area contributed by atoms with E-state index in [1.54, 1.807) is 12.1 Å². The Hall–Kier alpha value is -2.04. The molecule has 0 aromatic heterocycles. The number of hydrogen-bond donors (Lipinski definition) is 2. The van der Waals surface area contributed by atoms with E-state index in [4.69, 9.17) is 0 Å². The Balaban J connectivity index is 2.35. The van der Waals surface area contributed by atoms with Crippen LogP contribution in [0.25, 0.3) is 0 Å². The number of anilines is 1. The van der Waals surface area contributed by atoms with Gasteiger partial charge >= 0.3 is 0 Å². The van der Waals surface area contributed by atoms with E-state index in [1.807, 2.05) is 31.1 Å². The number of carbonyl (C=O) groups is 2. The maximum absolute atomic E-state index is 11.8. The van der Waals surface area contributed by atoms with Crippen LogP contribution in [-0.4, -0.2) is 39.0 Å². The molecule has 0 unspecified atom stereocenters. The summed E-state index contributed by atoms with van der Waals surface area (Å²) in [5, 5.41) is 5.50. The molecule has 1 aromatic carbocycles. The van der Waals surface area contributed by atoms with E-state index in [2.05, 4.69) is 10.6 Å². The summed E-state index contributed by atoms with van der Waals surface area (Å²) in [5.41, 5.74) is 1.70. The lowest BCUT2D eigenvalue weighted by atomic mass is 10.2. The van der Waals surface area contributed by atoms with Crippen molar-refractivity contribution in [3.05, 3.63) is 29.8 Å². The van der Waals surface area contributed by atoms with Crippen LogP contribution in [-0.2, 0) is 4.79 Å². The molecule has 2 N–H and O–H groups in total. The maximum atomic E-state index is 11.8. The zero-order valence-corrected chi connectivity index (χ0v) is 11.7. The van der Waals surface area contributed by atoms with Gasteiger partial charge in [-0.3, -0.25) is 9.59 Å². The fourth-order valence-electron chi connectivity index (χ4n) is 1.57. The molecule has 2 amide bonds. The van der Waals surface area contributed by atoms with Crippen LogP contribution in [0.3, 0.4) is 0 Å². The van der Waals surface area contributed by atoms with E-state index in [9.17, 15) is 9.59 Å². The van der Waals surface area contributed by atoms with E-state index >= 15 is 0 Å². The molecule has 1 aromatic rings. The number of nitrogens with one attached hydrogen (secondary N) is 2. The lowest BCUT2D eigenvalue weighted by molar-refractivity contribution is -0.118. The van der Waals surface area contributed by atoms with Gasteiger partial charge in [-0.25, -0.2) is 0 Å². The smallest absolute Gasteiger partial charge is 0.251 e. The highest BCUT2D eigenvalue weighted by molar-refractivity contribution is 5.94. The first-order chi connectivity index (χ1) is 9.00. The number of benzene rings is 1. The van der Waals surface area contributed by atoms with Crippen molar-refractivity contribution in [3.63, 3.8) is 0 Å². The van der Waals surface area contributed by atoms with Crippen LogP contribution in [0, 0.1) is 0 Å². The van der Waals surface area contributed by atoms with Crippen molar-refractivity contribution < 1.29 is 9.59 Å². The molecule has 104 valence electrons. The maximum Gasteiger partial charge on any atom is 0.251 e. The van der Waals surface area contributed by atoms with Gasteiger partial charge in [-0.05, 0) is 30.7 Å². The first kappa shape index (κ1) is 15.0. The predicted octanol–water partition coefficient (Wildman–Crippen LogP) is 1.01.